The third kappa shape index (κ3) is 4.71. The minimum atomic E-state index is -0.308. The molecule has 0 bridgehead atoms. The first-order valence-electron chi connectivity index (χ1n) is 7.63. The number of nitrogens with two attached hydrogens (primary N) is 2. The van der Waals surface area contributed by atoms with E-state index < -0.39 is 0 Å². The molecule has 0 saturated carbocycles. The van der Waals surface area contributed by atoms with Gasteiger partial charge in [0.1, 0.15) is 5.82 Å². The molecular weight excluding hydrogens is 378 g/mol. The minimum absolute atomic E-state index is 0.00431. The van der Waals surface area contributed by atoms with Crippen LogP contribution in [-0.2, 0) is 6.42 Å². The Balaban J connectivity index is 1.95. The molecular formula is C17H15Cl2FN6. The number of benzene rings is 2. The average Bonchev–Trinajstić information content (AvgIpc) is 2.54. The molecule has 2 aromatic carbocycles. The summed E-state index contributed by atoms with van der Waals surface area (Å²) in [7, 11) is 0. The number of nitrogens with one attached hydrogen (secondary N) is 1. The van der Waals surface area contributed by atoms with E-state index in [4.69, 9.17) is 34.7 Å². The van der Waals surface area contributed by atoms with Gasteiger partial charge >= 0.3 is 0 Å². The van der Waals surface area contributed by atoms with Crippen molar-refractivity contribution >= 4 is 41.0 Å². The molecule has 3 rings (SSSR count). The number of nitrogen functional groups attached to an aromatic ring is 2. The predicted octanol–water partition coefficient (Wildman–Crippen LogP) is 3.88. The largest absolute Gasteiger partial charge is 0.368 e. The highest BCUT2D eigenvalue weighted by molar-refractivity contribution is 6.34. The molecule has 134 valence electrons. The van der Waals surface area contributed by atoms with Crippen LogP contribution in [0, 0.1) is 5.82 Å². The van der Waals surface area contributed by atoms with E-state index in [1.807, 2.05) is 0 Å². The van der Waals surface area contributed by atoms with Gasteiger partial charge in [-0.05, 0) is 47.9 Å². The Morgan fingerprint density at radius 2 is 1.50 bits per heavy atom. The predicted molar refractivity (Wildman–Crippen MR) is 102 cm³/mol. The quantitative estimate of drug-likeness (QED) is 0.608. The average molecular weight is 393 g/mol. The van der Waals surface area contributed by atoms with Crippen LogP contribution in [0.15, 0.2) is 42.5 Å². The second-order valence-corrected chi connectivity index (χ2v) is 6.48. The number of aromatic nitrogens is 3. The van der Waals surface area contributed by atoms with Crippen molar-refractivity contribution in [3.05, 3.63) is 69.5 Å². The highest BCUT2D eigenvalue weighted by atomic mass is 35.5. The van der Waals surface area contributed by atoms with Gasteiger partial charge in [-0.25, -0.2) is 4.39 Å². The second-order valence-electron chi connectivity index (χ2n) is 5.61. The monoisotopic (exact) mass is 392 g/mol. The SMILES string of the molecule is Nc1nc(N)nc(NC(Cc2ccc(F)cc2)c2cc(Cl)cc(Cl)c2)n1. The first-order valence-corrected chi connectivity index (χ1v) is 8.38. The molecule has 5 N–H and O–H groups in total. The summed E-state index contributed by atoms with van der Waals surface area (Å²) in [6.45, 7) is 0. The van der Waals surface area contributed by atoms with Gasteiger partial charge in [-0.15, -0.1) is 0 Å². The Kier molecular flexibility index (Phi) is 5.39. The molecule has 0 radical (unpaired) electrons. The van der Waals surface area contributed by atoms with E-state index in [2.05, 4.69) is 20.3 Å². The molecule has 0 fully saturated rings. The van der Waals surface area contributed by atoms with Gasteiger partial charge in [0.15, 0.2) is 0 Å². The van der Waals surface area contributed by atoms with Crippen molar-refractivity contribution in [1.29, 1.82) is 0 Å². The zero-order valence-electron chi connectivity index (χ0n) is 13.5. The number of hydrogen-bond donors (Lipinski definition) is 3. The molecule has 0 spiro atoms. The molecule has 3 aromatic rings. The van der Waals surface area contributed by atoms with E-state index in [9.17, 15) is 4.39 Å². The third-order valence-corrected chi connectivity index (χ3v) is 4.05. The standard InChI is InChI=1S/C17H15Cl2FN6/c18-11-6-10(7-12(19)8-11)14(5-9-1-3-13(20)4-2-9)23-17-25-15(21)24-16(22)26-17/h1-4,6-8,14H,5H2,(H5,21,22,23,24,25,26). The normalized spacial score (nSPS) is 12.0. The number of rotatable bonds is 5. The van der Waals surface area contributed by atoms with Crippen LogP contribution in [0.4, 0.5) is 22.2 Å². The Hall–Kier alpha value is -2.64. The topological polar surface area (TPSA) is 103 Å². The van der Waals surface area contributed by atoms with Crippen LogP contribution < -0.4 is 16.8 Å². The Morgan fingerprint density at radius 3 is 2.08 bits per heavy atom. The van der Waals surface area contributed by atoms with E-state index in [0.29, 0.717) is 16.5 Å². The fourth-order valence-corrected chi connectivity index (χ4v) is 3.06. The Morgan fingerprint density at radius 1 is 0.923 bits per heavy atom. The minimum Gasteiger partial charge on any atom is -0.368 e. The summed E-state index contributed by atoms with van der Waals surface area (Å²) in [5.74, 6) is -0.0744. The maximum absolute atomic E-state index is 13.2. The summed E-state index contributed by atoms with van der Waals surface area (Å²) in [5.41, 5.74) is 13.0. The lowest BCUT2D eigenvalue weighted by Gasteiger charge is -2.20. The molecule has 0 amide bonds. The van der Waals surface area contributed by atoms with Crippen LogP contribution in [-0.4, -0.2) is 15.0 Å². The van der Waals surface area contributed by atoms with Crippen LogP contribution >= 0.6 is 23.2 Å². The fourth-order valence-electron chi connectivity index (χ4n) is 2.51. The third-order valence-electron chi connectivity index (χ3n) is 3.61. The molecule has 0 saturated heterocycles. The van der Waals surface area contributed by atoms with Crippen molar-refractivity contribution in [3.8, 4) is 0 Å². The van der Waals surface area contributed by atoms with Gasteiger partial charge in [0.2, 0.25) is 17.8 Å². The van der Waals surface area contributed by atoms with Crippen LogP contribution in [0.25, 0.3) is 0 Å². The summed E-state index contributed by atoms with van der Waals surface area (Å²) in [6.07, 6.45) is 0.502. The zero-order chi connectivity index (χ0) is 18.7. The van der Waals surface area contributed by atoms with E-state index in [-0.39, 0.29) is 29.7 Å². The van der Waals surface area contributed by atoms with E-state index in [1.54, 1.807) is 30.3 Å². The summed E-state index contributed by atoms with van der Waals surface area (Å²) in [6, 6.07) is 11.1. The maximum atomic E-state index is 13.2. The molecule has 1 aromatic heterocycles. The van der Waals surface area contributed by atoms with Crippen LogP contribution in [0.1, 0.15) is 17.2 Å². The summed E-state index contributed by atoms with van der Waals surface area (Å²) < 4.78 is 13.2. The van der Waals surface area contributed by atoms with Crippen LogP contribution in [0.2, 0.25) is 10.0 Å². The van der Waals surface area contributed by atoms with Gasteiger partial charge in [0.05, 0.1) is 6.04 Å². The highest BCUT2D eigenvalue weighted by Gasteiger charge is 2.16. The van der Waals surface area contributed by atoms with Crippen molar-refractivity contribution in [2.24, 2.45) is 0 Å². The Labute approximate surface area is 159 Å². The van der Waals surface area contributed by atoms with Gasteiger partial charge in [-0.3, -0.25) is 0 Å². The molecule has 1 atom stereocenters. The molecule has 9 heteroatoms. The smallest absolute Gasteiger partial charge is 0.229 e. The number of halogens is 3. The van der Waals surface area contributed by atoms with Gasteiger partial charge in [0, 0.05) is 10.0 Å². The van der Waals surface area contributed by atoms with E-state index in [0.717, 1.165) is 11.1 Å². The highest BCUT2D eigenvalue weighted by Crippen LogP contribution is 2.28. The van der Waals surface area contributed by atoms with Gasteiger partial charge in [0.25, 0.3) is 0 Å². The summed E-state index contributed by atoms with van der Waals surface area (Å²) >= 11 is 12.3. The molecule has 1 unspecified atom stereocenters. The number of nitrogens with zero attached hydrogens (tertiary/aromatic N) is 3. The fraction of sp³-hybridized carbons (Fsp3) is 0.118. The first-order chi connectivity index (χ1) is 12.4. The lowest BCUT2D eigenvalue weighted by molar-refractivity contribution is 0.626. The van der Waals surface area contributed by atoms with Gasteiger partial charge in [-0.1, -0.05) is 35.3 Å². The van der Waals surface area contributed by atoms with Crippen molar-refractivity contribution in [2.75, 3.05) is 16.8 Å². The molecule has 0 aliphatic rings. The van der Waals surface area contributed by atoms with E-state index in [1.165, 1.54) is 12.1 Å². The summed E-state index contributed by atoms with van der Waals surface area (Å²) in [4.78, 5) is 11.8. The number of anilines is 3. The zero-order valence-corrected chi connectivity index (χ0v) is 15.0. The lowest BCUT2D eigenvalue weighted by atomic mass is 9.99. The lowest BCUT2D eigenvalue weighted by Crippen LogP contribution is -2.17. The molecule has 26 heavy (non-hydrogen) atoms. The van der Waals surface area contributed by atoms with Crippen molar-refractivity contribution in [2.45, 2.75) is 12.5 Å². The van der Waals surface area contributed by atoms with Gasteiger partial charge in [-0.2, -0.15) is 15.0 Å². The molecule has 1 heterocycles. The van der Waals surface area contributed by atoms with Crippen molar-refractivity contribution in [1.82, 2.24) is 15.0 Å². The molecule has 0 aliphatic carbocycles. The van der Waals surface area contributed by atoms with E-state index >= 15 is 0 Å². The first kappa shape index (κ1) is 18.2. The Bertz CT molecular complexity index is 879. The second kappa shape index (κ2) is 7.72. The van der Waals surface area contributed by atoms with Crippen LogP contribution in [0.3, 0.4) is 0 Å². The van der Waals surface area contributed by atoms with Crippen LogP contribution in [0.5, 0.6) is 0 Å². The molecule has 6 nitrogen and oxygen atoms in total. The summed E-state index contributed by atoms with van der Waals surface area (Å²) in [5, 5.41) is 4.15. The number of hydrogen-bond acceptors (Lipinski definition) is 6. The van der Waals surface area contributed by atoms with Gasteiger partial charge < -0.3 is 16.8 Å². The maximum Gasteiger partial charge on any atom is 0.229 e. The molecule has 0 aliphatic heterocycles. The van der Waals surface area contributed by atoms with Crippen molar-refractivity contribution in [3.63, 3.8) is 0 Å². The van der Waals surface area contributed by atoms with Crippen molar-refractivity contribution < 1.29 is 4.39 Å².